The van der Waals surface area contributed by atoms with Gasteiger partial charge in [-0.15, -0.1) is 0 Å². The van der Waals surface area contributed by atoms with Gasteiger partial charge in [-0.1, -0.05) is 11.8 Å². The Balaban J connectivity index is 2.24. The summed E-state index contributed by atoms with van der Waals surface area (Å²) < 4.78 is 1.99. The molecule has 1 N–H and O–H groups in total. The molecule has 0 atom stereocenters. The van der Waals surface area contributed by atoms with Crippen molar-refractivity contribution in [3.8, 4) is 0 Å². The Morgan fingerprint density at radius 2 is 2.29 bits per heavy atom. The highest BCUT2D eigenvalue weighted by Crippen LogP contribution is 2.26. The topological polar surface area (TPSA) is 68.0 Å². The van der Waals surface area contributed by atoms with Crippen LogP contribution in [0.25, 0.3) is 0 Å². The zero-order valence-electron chi connectivity index (χ0n) is 9.20. The predicted octanol–water partition coefficient (Wildman–Crippen LogP) is 2.15. The maximum atomic E-state index is 10.8. The summed E-state index contributed by atoms with van der Waals surface area (Å²) in [6.45, 7) is 2.86. The number of carbonyl (C=O) groups is 1. The third kappa shape index (κ3) is 2.65. The van der Waals surface area contributed by atoms with E-state index in [4.69, 9.17) is 5.11 Å². The highest BCUT2D eigenvalue weighted by atomic mass is 32.2. The molecule has 0 saturated carbocycles. The molecule has 0 spiro atoms. The minimum absolute atomic E-state index is 0.0459. The molecular weight excluding hydrogens is 238 g/mol. The van der Waals surface area contributed by atoms with Crippen molar-refractivity contribution in [2.45, 2.75) is 23.5 Å². The SMILES string of the molecule is CCn1ccnc1Sc1ccnc(C(=O)O)c1. The molecule has 0 amide bonds. The highest BCUT2D eigenvalue weighted by molar-refractivity contribution is 7.99. The van der Waals surface area contributed by atoms with E-state index >= 15 is 0 Å². The van der Waals surface area contributed by atoms with E-state index in [1.54, 1.807) is 18.3 Å². The number of carboxylic acids is 1. The summed E-state index contributed by atoms with van der Waals surface area (Å²) in [5.41, 5.74) is 0.0459. The minimum atomic E-state index is -1.02. The van der Waals surface area contributed by atoms with Gasteiger partial charge in [0.1, 0.15) is 5.69 Å². The van der Waals surface area contributed by atoms with Gasteiger partial charge in [-0.2, -0.15) is 0 Å². The lowest BCUT2D eigenvalue weighted by atomic mass is 10.4. The van der Waals surface area contributed by atoms with Gasteiger partial charge in [0.2, 0.25) is 0 Å². The molecule has 0 unspecified atom stereocenters. The number of aromatic carboxylic acids is 1. The second-order valence-electron chi connectivity index (χ2n) is 3.28. The lowest BCUT2D eigenvalue weighted by Crippen LogP contribution is -1.99. The second kappa shape index (κ2) is 5.01. The van der Waals surface area contributed by atoms with E-state index in [1.807, 2.05) is 17.7 Å². The summed E-state index contributed by atoms with van der Waals surface area (Å²) in [6.07, 6.45) is 5.11. The number of carboxylic acid groups (broad SMARTS) is 1. The Hall–Kier alpha value is -1.82. The number of hydrogen-bond donors (Lipinski definition) is 1. The largest absolute Gasteiger partial charge is 0.477 e. The van der Waals surface area contributed by atoms with E-state index in [2.05, 4.69) is 9.97 Å². The van der Waals surface area contributed by atoms with Crippen LogP contribution in [0.15, 0.2) is 40.8 Å². The summed E-state index contributed by atoms with van der Waals surface area (Å²) in [5, 5.41) is 9.69. The van der Waals surface area contributed by atoms with Gasteiger partial charge in [0.05, 0.1) is 0 Å². The van der Waals surface area contributed by atoms with Crippen LogP contribution >= 0.6 is 11.8 Å². The molecule has 17 heavy (non-hydrogen) atoms. The first kappa shape index (κ1) is 11.7. The van der Waals surface area contributed by atoms with Crippen LogP contribution in [0.5, 0.6) is 0 Å². The molecule has 2 aromatic heterocycles. The normalized spacial score (nSPS) is 10.4. The molecule has 0 aliphatic carbocycles. The van der Waals surface area contributed by atoms with Crippen molar-refractivity contribution in [3.63, 3.8) is 0 Å². The number of imidazole rings is 1. The van der Waals surface area contributed by atoms with E-state index in [0.717, 1.165) is 16.6 Å². The van der Waals surface area contributed by atoms with Gasteiger partial charge < -0.3 is 9.67 Å². The van der Waals surface area contributed by atoms with E-state index in [-0.39, 0.29) is 5.69 Å². The Labute approximate surface area is 103 Å². The molecule has 0 saturated heterocycles. The molecule has 0 fully saturated rings. The number of nitrogens with zero attached hydrogens (tertiary/aromatic N) is 3. The third-order valence-corrected chi connectivity index (χ3v) is 3.19. The van der Waals surface area contributed by atoms with Crippen molar-refractivity contribution in [2.75, 3.05) is 0 Å². The fraction of sp³-hybridized carbons (Fsp3) is 0.182. The standard InChI is InChI=1S/C11H11N3O2S/c1-2-14-6-5-13-11(14)17-8-3-4-12-9(7-8)10(15)16/h3-7H,2H2,1H3,(H,15,16). The molecule has 0 aliphatic rings. The number of aromatic nitrogens is 3. The predicted molar refractivity (Wildman–Crippen MR) is 63.2 cm³/mol. The number of hydrogen-bond acceptors (Lipinski definition) is 4. The third-order valence-electron chi connectivity index (χ3n) is 2.18. The van der Waals surface area contributed by atoms with E-state index in [0.29, 0.717) is 0 Å². The fourth-order valence-corrected chi connectivity index (χ4v) is 2.27. The van der Waals surface area contributed by atoms with Gasteiger partial charge in [-0.3, -0.25) is 0 Å². The van der Waals surface area contributed by atoms with Crippen molar-refractivity contribution in [1.82, 2.24) is 14.5 Å². The van der Waals surface area contributed by atoms with Gasteiger partial charge in [0.25, 0.3) is 0 Å². The zero-order valence-corrected chi connectivity index (χ0v) is 10.0. The van der Waals surface area contributed by atoms with Crippen LogP contribution in [0.3, 0.4) is 0 Å². The first-order valence-corrected chi connectivity index (χ1v) is 5.90. The molecule has 6 heteroatoms. The van der Waals surface area contributed by atoms with Crippen molar-refractivity contribution in [3.05, 3.63) is 36.4 Å². The van der Waals surface area contributed by atoms with E-state index < -0.39 is 5.97 Å². The molecule has 2 rings (SSSR count). The second-order valence-corrected chi connectivity index (χ2v) is 4.32. The Bertz CT molecular complexity index is 539. The summed E-state index contributed by atoms with van der Waals surface area (Å²) >= 11 is 1.43. The molecule has 0 bridgehead atoms. The molecule has 88 valence electrons. The zero-order chi connectivity index (χ0) is 12.3. The summed E-state index contributed by atoms with van der Waals surface area (Å²) in [6, 6.07) is 3.31. The Kier molecular flexibility index (Phi) is 3.43. The molecular formula is C11H11N3O2S. The fourth-order valence-electron chi connectivity index (χ4n) is 1.34. The molecule has 2 aromatic rings. The Morgan fingerprint density at radius 1 is 1.47 bits per heavy atom. The number of pyridine rings is 1. The van der Waals surface area contributed by atoms with E-state index in [1.165, 1.54) is 18.0 Å². The molecule has 5 nitrogen and oxygen atoms in total. The van der Waals surface area contributed by atoms with Gasteiger partial charge >= 0.3 is 5.97 Å². The monoisotopic (exact) mass is 249 g/mol. The average Bonchev–Trinajstić information content (AvgIpc) is 2.76. The van der Waals surface area contributed by atoms with Crippen LogP contribution in [0.4, 0.5) is 0 Å². The first-order valence-electron chi connectivity index (χ1n) is 5.09. The minimum Gasteiger partial charge on any atom is -0.477 e. The lowest BCUT2D eigenvalue weighted by Gasteiger charge is -2.04. The van der Waals surface area contributed by atoms with Crippen LogP contribution in [-0.2, 0) is 6.54 Å². The maximum Gasteiger partial charge on any atom is 0.354 e. The van der Waals surface area contributed by atoms with Crippen LogP contribution in [0.2, 0.25) is 0 Å². The first-order chi connectivity index (χ1) is 8.20. The highest BCUT2D eigenvalue weighted by Gasteiger charge is 2.08. The lowest BCUT2D eigenvalue weighted by molar-refractivity contribution is 0.0690. The molecule has 0 aliphatic heterocycles. The maximum absolute atomic E-state index is 10.8. The molecule has 2 heterocycles. The number of aryl methyl sites for hydroxylation is 1. The summed E-state index contributed by atoms with van der Waals surface area (Å²) in [5.74, 6) is -1.02. The van der Waals surface area contributed by atoms with Crippen LogP contribution in [0, 0.1) is 0 Å². The van der Waals surface area contributed by atoms with Gasteiger partial charge in [0, 0.05) is 30.0 Å². The van der Waals surface area contributed by atoms with Crippen molar-refractivity contribution in [1.29, 1.82) is 0 Å². The van der Waals surface area contributed by atoms with Crippen molar-refractivity contribution in [2.24, 2.45) is 0 Å². The Morgan fingerprint density at radius 3 is 3.00 bits per heavy atom. The average molecular weight is 249 g/mol. The summed E-state index contributed by atoms with van der Waals surface area (Å²) in [7, 11) is 0. The van der Waals surface area contributed by atoms with E-state index in [9.17, 15) is 4.79 Å². The van der Waals surface area contributed by atoms with Gasteiger partial charge in [0.15, 0.2) is 5.16 Å². The van der Waals surface area contributed by atoms with Crippen molar-refractivity contribution >= 4 is 17.7 Å². The van der Waals surface area contributed by atoms with Crippen LogP contribution in [-0.4, -0.2) is 25.6 Å². The van der Waals surface area contributed by atoms with Crippen LogP contribution in [0.1, 0.15) is 17.4 Å². The molecule has 0 aromatic carbocycles. The molecule has 0 radical (unpaired) electrons. The van der Waals surface area contributed by atoms with Gasteiger partial charge in [-0.05, 0) is 19.1 Å². The van der Waals surface area contributed by atoms with Crippen LogP contribution < -0.4 is 0 Å². The quantitative estimate of drug-likeness (QED) is 0.899. The van der Waals surface area contributed by atoms with Gasteiger partial charge in [-0.25, -0.2) is 14.8 Å². The van der Waals surface area contributed by atoms with Crippen molar-refractivity contribution < 1.29 is 9.90 Å². The smallest absolute Gasteiger partial charge is 0.354 e. The number of rotatable bonds is 4. The summed E-state index contributed by atoms with van der Waals surface area (Å²) in [4.78, 5) is 19.6.